The predicted octanol–water partition coefficient (Wildman–Crippen LogP) is 4.92. The first-order valence-electron chi connectivity index (χ1n) is 10.7. The zero-order valence-corrected chi connectivity index (χ0v) is 17.8. The third kappa shape index (κ3) is 4.95. The van der Waals surface area contributed by atoms with Gasteiger partial charge in [-0.05, 0) is 43.7 Å². The molecule has 2 fully saturated rings. The van der Waals surface area contributed by atoms with Crippen LogP contribution in [0.1, 0.15) is 51.0 Å². The first kappa shape index (κ1) is 20.7. The van der Waals surface area contributed by atoms with Gasteiger partial charge in [-0.2, -0.15) is 5.10 Å². The maximum Gasteiger partial charge on any atom is 0.324 e. The Kier molecular flexibility index (Phi) is 6.57. The molecule has 1 saturated heterocycles. The van der Waals surface area contributed by atoms with Gasteiger partial charge in [-0.3, -0.25) is 10.1 Å². The van der Waals surface area contributed by atoms with Crippen molar-refractivity contribution in [1.29, 1.82) is 0 Å². The van der Waals surface area contributed by atoms with Crippen LogP contribution in [-0.4, -0.2) is 39.7 Å². The fourth-order valence-corrected chi connectivity index (χ4v) is 4.67. The van der Waals surface area contributed by atoms with Gasteiger partial charge >= 0.3 is 6.03 Å². The fourth-order valence-electron chi connectivity index (χ4n) is 4.49. The van der Waals surface area contributed by atoms with Crippen LogP contribution >= 0.6 is 11.6 Å². The Balaban J connectivity index is 1.31. The molecule has 0 unspecified atom stereocenters. The van der Waals surface area contributed by atoms with Crippen molar-refractivity contribution in [3.8, 4) is 0 Å². The maximum absolute atomic E-state index is 12.6. The van der Waals surface area contributed by atoms with Crippen molar-refractivity contribution >= 4 is 35.0 Å². The summed E-state index contributed by atoms with van der Waals surface area (Å²) in [5, 5.41) is 10.5. The molecule has 1 aromatic heterocycles. The van der Waals surface area contributed by atoms with Crippen LogP contribution in [0.5, 0.6) is 0 Å². The van der Waals surface area contributed by atoms with Crippen LogP contribution in [-0.2, 0) is 4.79 Å². The third-order valence-electron chi connectivity index (χ3n) is 6.14. The van der Waals surface area contributed by atoms with E-state index in [1.165, 1.54) is 25.7 Å². The molecule has 4 rings (SSSR count). The zero-order chi connectivity index (χ0) is 20.9. The number of hydrogen-bond donors (Lipinski definition) is 2. The van der Waals surface area contributed by atoms with Crippen molar-refractivity contribution in [1.82, 2.24) is 14.7 Å². The minimum absolute atomic E-state index is 0.158. The molecular formula is C22H28ClN5O2. The van der Waals surface area contributed by atoms with Crippen molar-refractivity contribution < 1.29 is 9.59 Å². The Morgan fingerprint density at radius 1 is 1.03 bits per heavy atom. The van der Waals surface area contributed by atoms with E-state index >= 15 is 0 Å². The number of para-hydroxylation sites is 1. The number of hydrogen-bond acceptors (Lipinski definition) is 3. The van der Waals surface area contributed by atoms with Gasteiger partial charge in [-0.15, -0.1) is 0 Å². The number of nitrogens with one attached hydrogen (secondary N) is 2. The highest BCUT2D eigenvalue weighted by Crippen LogP contribution is 2.30. The number of carbonyl (C=O) groups is 2. The number of likely N-dealkylation sites (tertiary alicyclic amines) is 1. The van der Waals surface area contributed by atoms with Crippen LogP contribution in [0.2, 0.25) is 5.02 Å². The number of urea groups is 1. The number of benzene rings is 1. The molecule has 7 nitrogen and oxygen atoms in total. The zero-order valence-electron chi connectivity index (χ0n) is 17.0. The first-order valence-corrected chi connectivity index (χ1v) is 11.1. The summed E-state index contributed by atoms with van der Waals surface area (Å²) < 4.78 is 1.85. The van der Waals surface area contributed by atoms with Gasteiger partial charge in [0, 0.05) is 25.6 Å². The standard InChI is InChI=1S/C22H28ClN5O2/c23-18-7-3-4-8-19(18)25-22(30)26-20-9-12-24-28(20)17-10-13-27(14-11-17)21(29)15-16-5-1-2-6-16/h3-4,7-9,12,16-17H,1-2,5-6,10-11,13-15H2,(H2,25,26,30). The molecule has 1 aromatic carbocycles. The summed E-state index contributed by atoms with van der Waals surface area (Å²) in [6, 6.07) is 8.67. The SMILES string of the molecule is O=C(Nc1ccccc1Cl)Nc1ccnn1C1CCN(C(=O)CC2CCCC2)CC1. The van der Waals surface area contributed by atoms with Crippen LogP contribution in [0.3, 0.4) is 0 Å². The van der Waals surface area contributed by atoms with Gasteiger partial charge in [0.15, 0.2) is 0 Å². The monoisotopic (exact) mass is 429 g/mol. The van der Waals surface area contributed by atoms with E-state index in [0.717, 1.165) is 25.9 Å². The fraction of sp³-hybridized carbons (Fsp3) is 0.500. The van der Waals surface area contributed by atoms with E-state index < -0.39 is 0 Å². The second kappa shape index (κ2) is 9.51. The highest BCUT2D eigenvalue weighted by molar-refractivity contribution is 6.33. The summed E-state index contributed by atoms with van der Waals surface area (Å²) in [5.74, 6) is 1.50. The molecule has 2 N–H and O–H groups in total. The van der Waals surface area contributed by atoms with Gasteiger partial charge < -0.3 is 10.2 Å². The molecule has 1 aliphatic heterocycles. The molecule has 0 spiro atoms. The van der Waals surface area contributed by atoms with E-state index in [9.17, 15) is 9.59 Å². The summed E-state index contributed by atoms with van der Waals surface area (Å²) in [7, 11) is 0. The summed E-state index contributed by atoms with van der Waals surface area (Å²) in [4.78, 5) is 27.0. The van der Waals surface area contributed by atoms with Gasteiger partial charge in [0.25, 0.3) is 0 Å². The summed E-state index contributed by atoms with van der Waals surface area (Å²) in [5.41, 5.74) is 0.553. The number of halogens is 1. The average Bonchev–Trinajstić information content (AvgIpc) is 3.42. The van der Waals surface area contributed by atoms with Gasteiger partial charge in [0.05, 0.1) is 22.9 Å². The molecule has 2 aliphatic rings. The number of aromatic nitrogens is 2. The van der Waals surface area contributed by atoms with Crippen molar-refractivity contribution in [2.24, 2.45) is 5.92 Å². The highest BCUT2D eigenvalue weighted by Gasteiger charge is 2.28. The number of anilines is 2. The summed E-state index contributed by atoms with van der Waals surface area (Å²) in [6.45, 7) is 1.47. The molecule has 1 aliphatic carbocycles. The number of nitrogens with zero attached hydrogens (tertiary/aromatic N) is 3. The Labute approximate surface area is 181 Å². The molecule has 2 heterocycles. The van der Waals surface area contributed by atoms with E-state index in [4.69, 9.17) is 11.6 Å². The quantitative estimate of drug-likeness (QED) is 0.707. The highest BCUT2D eigenvalue weighted by atomic mass is 35.5. The van der Waals surface area contributed by atoms with Crippen LogP contribution in [0, 0.1) is 5.92 Å². The lowest BCUT2D eigenvalue weighted by Gasteiger charge is -2.33. The molecule has 2 aromatic rings. The van der Waals surface area contributed by atoms with E-state index in [0.29, 0.717) is 34.8 Å². The first-order chi connectivity index (χ1) is 14.6. The van der Waals surface area contributed by atoms with Crippen LogP contribution in [0.15, 0.2) is 36.5 Å². The average molecular weight is 430 g/mol. The third-order valence-corrected chi connectivity index (χ3v) is 6.46. The second-order valence-corrected chi connectivity index (χ2v) is 8.59. The molecule has 1 saturated carbocycles. The Morgan fingerprint density at radius 2 is 1.77 bits per heavy atom. The predicted molar refractivity (Wildman–Crippen MR) is 118 cm³/mol. The van der Waals surface area contributed by atoms with Crippen LogP contribution in [0.4, 0.5) is 16.3 Å². The van der Waals surface area contributed by atoms with Crippen molar-refractivity contribution in [2.45, 2.75) is 51.0 Å². The number of amides is 3. The Hall–Kier alpha value is -2.54. The number of carbonyl (C=O) groups excluding carboxylic acids is 2. The van der Waals surface area contributed by atoms with Crippen LogP contribution < -0.4 is 10.6 Å². The Bertz CT molecular complexity index is 885. The molecule has 0 radical (unpaired) electrons. The molecule has 160 valence electrons. The van der Waals surface area contributed by atoms with E-state index in [1.807, 2.05) is 21.7 Å². The van der Waals surface area contributed by atoms with E-state index in [-0.39, 0.29) is 12.1 Å². The maximum atomic E-state index is 12.6. The van der Waals surface area contributed by atoms with E-state index in [1.54, 1.807) is 24.4 Å². The largest absolute Gasteiger partial charge is 0.343 e. The van der Waals surface area contributed by atoms with E-state index in [2.05, 4.69) is 15.7 Å². The lowest BCUT2D eigenvalue weighted by Crippen LogP contribution is -2.40. The van der Waals surface area contributed by atoms with Crippen molar-refractivity contribution in [3.63, 3.8) is 0 Å². The molecule has 3 amide bonds. The van der Waals surface area contributed by atoms with Crippen molar-refractivity contribution in [2.75, 3.05) is 23.7 Å². The van der Waals surface area contributed by atoms with Crippen LogP contribution in [0.25, 0.3) is 0 Å². The normalized spacial score (nSPS) is 17.8. The van der Waals surface area contributed by atoms with Gasteiger partial charge in [0.2, 0.25) is 5.91 Å². The minimum atomic E-state index is -0.367. The van der Waals surface area contributed by atoms with Gasteiger partial charge in [-0.1, -0.05) is 36.6 Å². The van der Waals surface area contributed by atoms with Gasteiger partial charge in [-0.25, -0.2) is 9.48 Å². The molecular weight excluding hydrogens is 402 g/mol. The lowest BCUT2D eigenvalue weighted by molar-refractivity contribution is -0.133. The summed E-state index contributed by atoms with van der Waals surface area (Å²) >= 11 is 6.10. The molecule has 30 heavy (non-hydrogen) atoms. The number of piperidine rings is 1. The van der Waals surface area contributed by atoms with Crippen molar-refractivity contribution in [3.05, 3.63) is 41.6 Å². The second-order valence-electron chi connectivity index (χ2n) is 8.19. The molecule has 8 heteroatoms. The number of rotatable bonds is 5. The molecule has 0 bridgehead atoms. The van der Waals surface area contributed by atoms with Gasteiger partial charge in [0.1, 0.15) is 5.82 Å². The Morgan fingerprint density at radius 3 is 2.50 bits per heavy atom. The lowest BCUT2D eigenvalue weighted by atomic mass is 10.0. The topological polar surface area (TPSA) is 79.3 Å². The summed E-state index contributed by atoms with van der Waals surface area (Å²) in [6.07, 6.45) is 8.96. The molecule has 0 atom stereocenters. The minimum Gasteiger partial charge on any atom is -0.343 e. The smallest absolute Gasteiger partial charge is 0.324 e.